The van der Waals surface area contributed by atoms with Crippen molar-refractivity contribution in [1.82, 2.24) is 10.4 Å². The first-order valence-electron chi connectivity index (χ1n) is 10.9. The highest BCUT2D eigenvalue weighted by Gasteiger charge is 2.29. The van der Waals surface area contributed by atoms with Crippen LogP contribution < -0.4 is 10.2 Å². The van der Waals surface area contributed by atoms with Crippen LogP contribution in [0.15, 0.2) is 68.7 Å². The van der Waals surface area contributed by atoms with E-state index in [1.807, 2.05) is 12.1 Å². The van der Waals surface area contributed by atoms with Gasteiger partial charge in [0.05, 0.1) is 5.71 Å². The summed E-state index contributed by atoms with van der Waals surface area (Å²) in [5.74, 6) is 0.106. The maximum atomic E-state index is 13.1. The summed E-state index contributed by atoms with van der Waals surface area (Å²) in [5, 5.41) is 5.64. The maximum Gasteiger partial charge on any atom is 0.380 e. The standard InChI is InChI=1S/C26H19BrClN3O4/c1-14-22-19(30-31-25(32)15-5-2-6-16(28)13-15)8-3-9-20(22)34-24(14)26(33)35-21-11-10-18(27)17-7-4-12-29-23(17)21/h2,4-7,10-13H,3,8-9H2,1H3,(H,31,32)/b30-19+. The van der Waals surface area contributed by atoms with Gasteiger partial charge in [-0.2, -0.15) is 5.10 Å². The van der Waals surface area contributed by atoms with Crippen LogP contribution in [0.1, 0.15) is 50.6 Å². The number of hydrogen-bond acceptors (Lipinski definition) is 6. The molecule has 7 nitrogen and oxygen atoms in total. The van der Waals surface area contributed by atoms with E-state index in [0.29, 0.717) is 51.7 Å². The molecule has 1 aliphatic rings. The number of nitrogens with zero attached hydrogens (tertiary/aromatic N) is 2. The molecule has 0 radical (unpaired) electrons. The van der Waals surface area contributed by atoms with Crippen LogP contribution in [0, 0.1) is 6.92 Å². The van der Waals surface area contributed by atoms with Crippen molar-refractivity contribution in [2.75, 3.05) is 0 Å². The minimum atomic E-state index is -0.617. The van der Waals surface area contributed by atoms with Crippen LogP contribution in [0.2, 0.25) is 5.02 Å². The molecule has 1 amide bonds. The summed E-state index contributed by atoms with van der Waals surface area (Å²) in [7, 11) is 0. The van der Waals surface area contributed by atoms with Crippen molar-refractivity contribution in [3.63, 3.8) is 0 Å². The van der Waals surface area contributed by atoms with E-state index < -0.39 is 5.97 Å². The van der Waals surface area contributed by atoms with E-state index in [1.165, 1.54) is 0 Å². The highest BCUT2D eigenvalue weighted by Crippen LogP contribution is 2.33. The van der Waals surface area contributed by atoms with E-state index in [4.69, 9.17) is 20.8 Å². The van der Waals surface area contributed by atoms with Crippen LogP contribution >= 0.6 is 27.5 Å². The number of aryl methyl sites for hydroxylation is 1. The zero-order valence-corrected chi connectivity index (χ0v) is 20.9. The normalized spacial score (nSPS) is 14.1. The molecule has 1 N–H and O–H groups in total. The second-order valence-electron chi connectivity index (χ2n) is 8.05. The molecular weight excluding hydrogens is 534 g/mol. The first kappa shape index (κ1) is 23.3. The summed E-state index contributed by atoms with van der Waals surface area (Å²) < 4.78 is 12.5. The Morgan fingerprint density at radius 3 is 2.86 bits per heavy atom. The van der Waals surface area contributed by atoms with Crippen LogP contribution in [0.4, 0.5) is 0 Å². The van der Waals surface area contributed by atoms with Crippen molar-refractivity contribution in [3.8, 4) is 5.75 Å². The lowest BCUT2D eigenvalue weighted by Gasteiger charge is -2.13. The maximum absolute atomic E-state index is 13.1. The zero-order chi connectivity index (χ0) is 24.5. The molecular formula is C26H19BrClN3O4. The predicted molar refractivity (Wildman–Crippen MR) is 136 cm³/mol. The van der Waals surface area contributed by atoms with Crippen LogP contribution in [0.5, 0.6) is 5.75 Å². The molecule has 2 aromatic heterocycles. The number of carbonyl (C=O) groups excluding carboxylic acids is 2. The fraction of sp³-hybridized carbons (Fsp3) is 0.154. The monoisotopic (exact) mass is 551 g/mol. The van der Waals surface area contributed by atoms with E-state index in [-0.39, 0.29) is 11.7 Å². The number of amides is 1. The van der Waals surface area contributed by atoms with Gasteiger partial charge in [-0.05, 0) is 56.2 Å². The van der Waals surface area contributed by atoms with Gasteiger partial charge in [-0.25, -0.2) is 10.2 Å². The summed E-state index contributed by atoms with van der Waals surface area (Å²) in [6, 6.07) is 13.8. The molecule has 2 heterocycles. The number of carbonyl (C=O) groups is 2. The quantitative estimate of drug-likeness (QED) is 0.184. The van der Waals surface area contributed by atoms with Gasteiger partial charge in [-0.1, -0.05) is 39.7 Å². The summed E-state index contributed by atoms with van der Waals surface area (Å²) in [4.78, 5) is 29.9. The smallest absolute Gasteiger partial charge is 0.380 e. The van der Waals surface area contributed by atoms with Gasteiger partial charge in [0, 0.05) is 44.2 Å². The van der Waals surface area contributed by atoms with Crippen LogP contribution in [0.25, 0.3) is 10.9 Å². The second-order valence-corrected chi connectivity index (χ2v) is 9.34. The molecule has 4 aromatic rings. The third kappa shape index (κ3) is 4.59. The Morgan fingerprint density at radius 1 is 1.17 bits per heavy atom. The van der Waals surface area contributed by atoms with Gasteiger partial charge in [0.15, 0.2) is 5.75 Å². The Bertz CT molecular complexity index is 1510. The average Bonchev–Trinajstić information content (AvgIpc) is 3.21. The Morgan fingerprint density at radius 2 is 2.03 bits per heavy atom. The van der Waals surface area contributed by atoms with Gasteiger partial charge in [0.2, 0.25) is 5.76 Å². The van der Waals surface area contributed by atoms with E-state index in [1.54, 1.807) is 49.5 Å². The summed E-state index contributed by atoms with van der Waals surface area (Å²) in [6.07, 6.45) is 3.72. The third-order valence-electron chi connectivity index (χ3n) is 5.77. The molecule has 0 saturated heterocycles. The lowest BCUT2D eigenvalue weighted by molar-refractivity contribution is 0.0700. The highest BCUT2D eigenvalue weighted by atomic mass is 79.9. The molecule has 5 rings (SSSR count). The number of benzene rings is 2. The number of rotatable bonds is 4. The fourth-order valence-electron chi connectivity index (χ4n) is 4.13. The van der Waals surface area contributed by atoms with Crippen molar-refractivity contribution >= 4 is 56.0 Å². The van der Waals surface area contributed by atoms with E-state index in [9.17, 15) is 9.59 Å². The van der Waals surface area contributed by atoms with Crippen LogP contribution in [0.3, 0.4) is 0 Å². The van der Waals surface area contributed by atoms with Gasteiger partial charge >= 0.3 is 5.97 Å². The number of furan rings is 1. The first-order valence-corrected chi connectivity index (χ1v) is 12.1. The number of esters is 1. The van der Waals surface area contributed by atoms with Gasteiger partial charge in [0.25, 0.3) is 5.91 Å². The molecule has 1 aliphatic carbocycles. The Hall–Kier alpha value is -3.49. The van der Waals surface area contributed by atoms with Gasteiger partial charge < -0.3 is 9.15 Å². The lowest BCUT2D eigenvalue weighted by atomic mass is 9.93. The van der Waals surface area contributed by atoms with E-state index in [2.05, 4.69) is 31.4 Å². The minimum absolute atomic E-state index is 0.109. The van der Waals surface area contributed by atoms with Crippen molar-refractivity contribution in [3.05, 3.63) is 92.4 Å². The third-order valence-corrected chi connectivity index (χ3v) is 6.70. The Balaban J connectivity index is 1.42. The summed E-state index contributed by atoms with van der Waals surface area (Å²) in [5.41, 5.74) is 5.56. The molecule has 0 spiro atoms. The molecule has 0 aliphatic heterocycles. The number of halogens is 2. The molecule has 2 aromatic carbocycles. The molecule has 176 valence electrons. The minimum Gasteiger partial charge on any atom is -0.453 e. The van der Waals surface area contributed by atoms with E-state index in [0.717, 1.165) is 21.8 Å². The molecule has 0 fully saturated rings. The van der Waals surface area contributed by atoms with Crippen molar-refractivity contribution in [2.45, 2.75) is 26.2 Å². The van der Waals surface area contributed by atoms with Crippen LogP contribution in [-0.4, -0.2) is 22.6 Å². The first-order chi connectivity index (χ1) is 16.9. The largest absolute Gasteiger partial charge is 0.453 e. The highest BCUT2D eigenvalue weighted by molar-refractivity contribution is 9.10. The number of hydrazone groups is 1. The molecule has 0 saturated carbocycles. The molecule has 9 heteroatoms. The summed E-state index contributed by atoms with van der Waals surface area (Å²) in [6.45, 7) is 1.79. The number of nitrogens with one attached hydrogen (secondary N) is 1. The molecule has 0 bridgehead atoms. The number of aromatic nitrogens is 1. The molecule has 35 heavy (non-hydrogen) atoms. The summed E-state index contributed by atoms with van der Waals surface area (Å²) >= 11 is 9.47. The van der Waals surface area contributed by atoms with Crippen molar-refractivity contribution in [1.29, 1.82) is 0 Å². The fourth-order valence-corrected chi connectivity index (χ4v) is 4.77. The number of fused-ring (bicyclic) bond motifs is 2. The molecule has 0 atom stereocenters. The Labute approximate surface area is 214 Å². The zero-order valence-electron chi connectivity index (χ0n) is 18.6. The van der Waals surface area contributed by atoms with E-state index >= 15 is 0 Å². The van der Waals surface area contributed by atoms with Gasteiger partial charge in [0.1, 0.15) is 11.3 Å². The van der Waals surface area contributed by atoms with Gasteiger partial charge in [-0.3, -0.25) is 9.78 Å². The van der Waals surface area contributed by atoms with Gasteiger partial charge in [-0.15, -0.1) is 0 Å². The van der Waals surface area contributed by atoms with Crippen molar-refractivity contribution < 1.29 is 18.7 Å². The molecule has 0 unspecified atom stereocenters. The van der Waals surface area contributed by atoms with Crippen LogP contribution in [-0.2, 0) is 6.42 Å². The van der Waals surface area contributed by atoms with Crippen molar-refractivity contribution in [2.24, 2.45) is 5.10 Å². The Kier molecular flexibility index (Phi) is 6.40. The number of ether oxygens (including phenoxy) is 1. The second kappa shape index (κ2) is 9.64. The topological polar surface area (TPSA) is 93.8 Å². The number of hydrogen-bond donors (Lipinski definition) is 1. The SMILES string of the molecule is Cc1c(C(=O)Oc2ccc(Br)c3cccnc23)oc2c1/C(=N/NC(=O)c1cccc(Cl)c1)CCC2. The average molecular weight is 553 g/mol. The lowest BCUT2D eigenvalue weighted by Crippen LogP contribution is -2.22. The number of pyridine rings is 1. The predicted octanol–water partition coefficient (Wildman–Crippen LogP) is 6.24.